The van der Waals surface area contributed by atoms with Crippen LogP contribution in [0.3, 0.4) is 0 Å². The summed E-state index contributed by atoms with van der Waals surface area (Å²) in [6.45, 7) is 7.23. The molecule has 2 aromatic rings. The summed E-state index contributed by atoms with van der Waals surface area (Å²) in [6.07, 6.45) is 3.91. The molecule has 0 heterocycles. The average Bonchev–Trinajstić information content (AvgIpc) is 2.65. The van der Waals surface area contributed by atoms with Crippen molar-refractivity contribution in [2.75, 3.05) is 0 Å². The topological polar surface area (TPSA) is 0 Å². The van der Waals surface area contributed by atoms with E-state index in [9.17, 15) is 0 Å². The van der Waals surface area contributed by atoms with Crippen LogP contribution in [0, 0.1) is 5.92 Å². The van der Waals surface area contributed by atoms with E-state index >= 15 is 0 Å². The van der Waals surface area contributed by atoms with Crippen LogP contribution < -0.4 is 0 Å². The minimum absolute atomic E-state index is 0.231. The van der Waals surface area contributed by atoms with E-state index in [0.29, 0.717) is 0 Å². The van der Waals surface area contributed by atoms with Crippen molar-refractivity contribution in [1.82, 2.24) is 0 Å². The van der Waals surface area contributed by atoms with Gasteiger partial charge in [0.25, 0.3) is 0 Å². The van der Waals surface area contributed by atoms with Gasteiger partial charge < -0.3 is 0 Å². The molecule has 4 rings (SSSR count). The third-order valence-electron chi connectivity index (χ3n) is 5.44. The lowest BCUT2D eigenvalue weighted by molar-refractivity contribution is 0.489. The molecule has 102 valence electrons. The summed E-state index contributed by atoms with van der Waals surface area (Å²) in [5, 5.41) is 2.77. The summed E-state index contributed by atoms with van der Waals surface area (Å²) >= 11 is 0. The van der Waals surface area contributed by atoms with E-state index in [4.69, 9.17) is 0 Å². The van der Waals surface area contributed by atoms with Crippen LogP contribution in [0.2, 0.25) is 0 Å². The third kappa shape index (κ3) is 1.54. The highest BCUT2D eigenvalue weighted by molar-refractivity contribution is 5.92. The second-order valence-electron chi connectivity index (χ2n) is 7.18. The molecule has 20 heavy (non-hydrogen) atoms. The molecule has 0 saturated heterocycles. The van der Waals surface area contributed by atoms with Gasteiger partial charge in [0.15, 0.2) is 0 Å². The zero-order chi connectivity index (χ0) is 13.9. The highest BCUT2D eigenvalue weighted by Gasteiger charge is 2.39. The number of benzene rings is 2. The van der Waals surface area contributed by atoms with Crippen LogP contribution in [0.1, 0.15) is 51.2 Å². The Hall–Kier alpha value is -1.56. The van der Waals surface area contributed by atoms with Crippen LogP contribution in [-0.4, -0.2) is 0 Å². The Labute approximate surface area is 121 Å². The molecule has 2 aliphatic rings. The van der Waals surface area contributed by atoms with Gasteiger partial charge in [0, 0.05) is 5.41 Å². The molecule has 0 N–H and O–H groups in total. The predicted molar refractivity (Wildman–Crippen MR) is 86.9 cm³/mol. The Morgan fingerprint density at radius 2 is 1.75 bits per heavy atom. The maximum absolute atomic E-state index is 2.44. The highest BCUT2D eigenvalue weighted by Crippen LogP contribution is 2.53. The summed E-state index contributed by atoms with van der Waals surface area (Å²) in [6, 6.07) is 13.7. The van der Waals surface area contributed by atoms with Crippen molar-refractivity contribution >= 4 is 16.3 Å². The third-order valence-corrected chi connectivity index (χ3v) is 5.44. The average molecular weight is 262 g/mol. The van der Waals surface area contributed by atoms with Gasteiger partial charge in [0.05, 0.1) is 0 Å². The van der Waals surface area contributed by atoms with E-state index in [2.05, 4.69) is 57.2 Å². The highest BCUT2D eigenvalue weighted by atomic mass is 14.4. The number of rotatable bonds is 0. The zero-order valence-corrected chi connectivity index (χ0v) is 12.7. The van der Waals surface area contributed by atoms with Crippen molar-refractivity contribution in [3.63, 3.8) is 0 Å². The van der Waals surface area contributed by atoms with Crippen molar-refractivity contribution < 1.29 is 0 Å². The Morgan fingerprint density at radius 1 is 1.05 bits per heavy atom. The van der Waals surface area contributed by atoms with Gasteiger partial charge in [-0.1, -0.05) is 50.6 Å². The first-order valence-corrected chi connectivity index (χ1v) is 7.83. The van der Waals surface area contributed by atoms with Crippen LogP contribution in [0.25, 0.3) is 16.3 Å². The molecule has 0 fully saturated rings. The lowest BCUT2D eigenvalue weighted by Gasteiger charge is -2.29. The molecule has 2 aromatic carbocycles. The van der Waals surface area contributed by atoms with Crippen molar-refractivity contribution in [3.8, 4) is 0 Å². The van der Waals surface area contributed by atoms with Gasteiger partial charge in [0.2, 0.25) is 0 Å². The monoisotopic (exact) mass is 262 g/mol. The zero-order valence-electron chi connectivity index (χ0n) is 12.7. The number of fused-ring (bicyclic) bond motifs is 3. The molecule has 0 heteroatoms. The normalized spacial score (nSPS) is 23.9. The summed E-state index contributed by atoms with van der Waals surface area (Å²) < 4.78 is 0. The first-order valence-electron chi connectivity index (χ1n) is 7.83. The van der Waals surface area contributed by atoms with Crippen LogP contribution >= 0.6 is 0 Å². The minimum atomic E-state index is 0.231. The van der Waals surface area contributed by atoms with E-state index in [1.165, 1.54) is 35.6 Å². The molecular formula is C20H22. The standard InChI is InChI=1S/C20H22/c1-13-8-9-18-16(10-13)17-11-14-6-4-5-7-15(14)12-19(17)20(18,2)3/h4-7,11-13H,8-10H2,1-3H3. The van der Waals surface area contributed by atoms with Gasteiger partial charge in [-0.15, -0.1) is 0 Å². The van der Waals surface area contributed by atoms with Gasteiger partial charge in [-0.25, -0.2) is 0 Å². The van der Waals surface area contributed by atoms with Gasteiger partial charge in [-0.3, -0.25) is 0 Å². The van der Waals surface area contributed by atoms with Crippen LogP contribution in [0.15, 0.2) is 42.0 Å². The molecule has 0 bridgehead atoms. The molecule has 0 amide bonds. The van der Waals surface area contributed by atoms with Gasteiger partial charge in [-0.2, -0.15) is 0 Å². The van der Waals surface area contributed by atoms with Crippen LogP contribution in [0.5, 0.6) is 0 Å². The summed E-state index contributed by atoms with van der Waals surface area (Å²) in [5.74, 6) is 0.835. The van der Waals surface area contributed by atoms with Crippen molar-refractivity contribution in [2.24, 2.45) is 5.92 Å². The fraction of sp³-hybridized carbons (Fsp3) is 0.400. The lowest BCUT2D eigenvalue weighted by atomic mass is 9.75. The van der Waals surface area contributed by atoms with E-state index in [0.717, 1.165) is 5.92 Å². The Kier molecular flexibility index (Phi) is 2.42. The quantitative estimate of drug-likeness (QED) is 0.571. The summed E-state index contributed by atoms with van der Waals surface area (Å²) in [7, 11) is 0. The maximum atomic E-state index is 2.44. The van der Waals surface area contributed by atoms with Gasteiger partial charge >= 0.3 is 0 Å². The number of hydrogen-bond donors (Lipinski definition) is 0. The van der Waals surface area contributed by atoms with Crippen molar-refractivity contribution in [1.29, 1.82) is 0 Å². The SMILES string of the molecule is CC1CCC2=C(C1)c1cc3ccccc3cc1C2(C)C. The van der Waals surface area contributed by atoms with Gasteiger partial charge in [-0.05, 0) is 64.8 Å². The Morgan fingerprint density at radius 3 is 2.50 bits per heavy atom. The fourth-order valence-electron chi connectivity index (χ4n) is 4.25. The molecule has 0 saturated carbocycles. The van der Waals surface area contributed by atoms with E-state index in [1.54, 1.807) is 16.7 Å². The summed E-state index contributed by atoms with van der Waals surface area (Å²) in [5.41, 5.74) is 6.69. The van der Waals surface area contributed by atoms with E-state index in [-0.39, 0.29) is 5.41 Å². The lowest BCUT2D eigenvalue weighted by Crippen LogP contribution is -2.19. The van der Waals surface area contributed by atoms with Crippen molar-refractivity contribution in [3.05, 3.63) is 53.1 Å². The molecule has 1 atom stereocenters. The molecule has 0 aromatic heterocycles. The fourth-order valence-corrected chi connectivity index (χ4v) is 4.25. The second-order valence-corrected chi connectivity index (χ2v) is 7.18. The van der Waals surface area contributed by atoms with Crippen LogP contribution in [0.4, 0.5) is 0 Å². The molecule has 1 unspecified atom stereocenters. The molecule has 0 radical (unpaired) electrons. The Bertz CT molecular complexity index is 731. The van der Waals surface area contributed by atoms with E-state index < -0.39 is 0 Å². The number of hydrogen-bond acceptors (Lipinski definition) is 0. The van der Waals surface area contributed by atoms with E-state index in [1.807, 2.05) is 0 Å². The minimum Gasteiger partial charge on any atom is -0.0622 e. The van der Waals surface area contributed by atoms with Gasteiger partial charge in [0.1, 0.15) is 0 Å². The largest absolute Gasteiger partial charge is 0.0622 e. The molecular weight excluding hydrogens is 240 g/mol. The molecule has 0 spiro atoms. The molecule has 0 aliphatic heterocycles. The molecule has 2 aliphatic carbocycles. The maximum Gasteiger partial charge on any atom is 0.0117 e. The van der Waals surface area contributed by atoms with Crippen LogP contribution in [-0.2, 0) is 5.41 Å². The number of allylic oxidation sites excluding steroid dienone is 2. The Balaban J connectivity index is 2.01. The first kappa shape index (κ1) is 12.2. The summed E-state index contributed by atoms with van der Waals surface area (Å²) in [4.78, 5) is 0. The smallest absolute Gasteiger partial charge is 0.0117 e. The van der Waals surface area contributed by atoms with Crippen molar-refractivity contribution in [2.45, 2.75) is 45.4 Å². The predicted octanol–water partition coefficient (Wildman–Crippen LogP) is 5.70. The second kappa shape index (κ2) is 3.97. The first-order chi connectivity index (χ1) is 9.57. The molecule has 0 nitrogen and oxygen atoms in total.